The lowest BCUT2D eigenvalue weighted by Gasteiger charge is -2.28. The zero-order chi connectivity index (χ0) is 18.0. The summed E-state index contributed by atoms with van der Waals surface area (Å²) in [4.78, 5) is 27.9. The minimum Gasteiger partial charge on any atom is -0.351 e. The number of halogens is 1. The van der Waals surface area contributed by atoms with Crippen LogP contribution in [0.4, 0.5) is 4.39 Å². The number of carbonyl (C=O) groups is 1. The number of amides is 1. The van der Waals surface area contributed by atoms with Gasteiger partial charge < -0.3 is 10.3 Å². The van der Waals surface area contributed by atoms with Gasteiger partial charge >= 0.3 is 0 Å². The summed E-state index contributed by atoms with van der Waals surface area (Å²) in [7, 11) is 0. The predicted octanol–water partition coefficient (Wildman–Crippen LogP) is 3.26. The SMILES string of the molecule is Cc1cc(C)c(CNC(=O)C2(c3ccc(F)cc3)CCCC2)c(=O)[nH]1. The minimum absolute atomic E-state index is 0.0871. The van der Waals surface area contributed by atoms with Crippen LogP contribution < -0.4 is 10.9 Å². The van der Waals surface area contributed by atoms with Gasteiger partial charge in [-0.25, -0.2) is 4.39 Å². The number of aromatic nitrogens is 1. The maximum absolute atomic E-state index is 13.3. The van der Waals surface area contributed by atoms with Crippen molar-refractivity contribution in [3.8, 4) is 0 Å². The number of aromatic amines is 1. The predicted molar refractivity (Wildman–Crippen MR) is 94.9 cm³/mol. The molecule has 0 spiro atoms. The molecule has 1 aliphatic rings. The van der Waals surface area contributed by atoms with Gasteiger partial charge in [0.05, 0.1) is 5.41 Å². The molecule has 2 aromatic rings. The van der Waals surface area contributed by atoms with Crippen LogP contribution in [-0.2, 0) is 16.8 Å². The summed E-state index contributed by atoms with van der Waals surface area (Å²) in [6, 6.07) is 8.09. The Morgan fingerprint density at radius 3 is 2.44 bits per heavy atom. The molecule has 0 atom stereocenters. The monoisotopic (exact) mass is 342 g/mol. The van der Waals surface area contributed by atoms with Gasteiger partial charge in [0.2, 0.25) is 5.91 Å². The van der Waals surface area contributed by atoms with Crippen LogP contribution in [0, 0.1) is 19.7 Å². The summed E-state index contributed by atoms with van der Waals surface area (Å²) in [5, 5.41) is 2.94. The Morgan fingerprint density at radius 2 is 1.84 bits per heavy atom. The Hall–Kier alpha value is -2.43. The molecule has 0 aliphatic heterocycles. The van der Waals surface area contributed by atoms with E-state index in [2.05, 4.69) is 10.3 Å². The van der Waals surface area contributed by atoms with Gasteiger partial charge in [-0.05, 0) is 56.0 Å². The van der Waals surface area contributed by atoms with Crippen molar-refractivity contribution in [1.82, 2.24) is 10.3 Å². The summed E-state index contributed by atoms with van der Waals surface area (Å²) < 4.78 is 13.3. The average Bonchev–Trinajstić information content (AvgIpc) is 3.05. The third kappa shape index (κ3) is 3.36. The topological polar surface area (TPSA) is 62.0 Å². The molecule has 0 bridgehead atoms. The van der Waals surface area contributed by atoms with E-state index < -0.39 is 5.41 Å². The summed E-state index contributed by atoms with van der Waals surface area (Å²) in [5.74, 6) is -0.393. The fourth-order valence-electron chi connectivity index (χ4n) is 3.83. The molecule has 0 unspecified atom stereocenters. The molecule has 1 aromatic heterocycles. The zero-order valence-electron chi connectivity index (χ0n) is 14.6. The van der Waals surface area contributed by atoms with Gasteiger partial charge in [-0.1, -0.05) is 25.0 Å². The van der Waals surface area contributed by atoms with Crippen molar-refractivity contribution in [2.24, 2.45) is 0 Å². The van der Waals surface area contributed by atoms with Crippen LogP contribution in [0.1, 0.15) is 48.1 Å². The van der Waals surface area contributed by atoms with E-state index in [1.807, 2.05) is 19.9 Å². The van der Waals surface area contributed by atoms with Crippen LogP contribution in [0.5, 0.6) is 0 Å². The third-order valence-corrected chi connectivity index (χ3v) is 5.21. The lowest BCUT2D eigenvalue weighted by molar-refractivity contribution is -0.126. The van der Waals surface area contributed by atoms with Gasteiger partial charge in [0, 0.05) is 17.8 Å². The molecule has 1 aromatic carbocycles. The number of aryl methyl sites for hydroxylation is 2. The fourth-order valence-corrected chi connectivity index (χ4v) is 3.83. The van der Waals surface area contributed by atoms with Crippen molar-refractivity contribution in [2.75, 3.05) is 0 Å². The molecule has 1 aliphatic carbocycles. The highest BCUT2D eigenvalue weighted by Crippen LogP contribution is 2.41. The smallest absolute Gasteiger partial charge is 0.253 e. The van der Waals surface area contributed by atoms with E-state index >= 15 is 0 Å². The second-order valence-corrected chi connectivity index (χ2v) is 6.92. The summed E-state index contributed by atoms with van der Waals surface area (Å²) in [6.45, 7) is 3.90. The largest absolute Gasteiger partial charge is 0.351 e. The van der Waals surface area contributed by atoms with E-state index in [0.717, 1.165) is 42.5 Å². The summed E-state index contributed by atoms with van der Waals surface area (Å²) >= 11 is 0. The molecule has 1 heterocycles. The number of H-pyrrole nitrogens is 1. The molecule has 1 fully saturated rings. The Balaban J connectivity index is 1.83. The molecular formula is C20H23FN2O2. The highest BCUT2D eigenvalue weighted by molar-refractivity contribution is 5.88. The van der Waals surface area contributed by atoms with Crippen molar-refractivity contribution >= 4 is 5.91 Å². The minimum atomic E-state index is -0.626. The van der Waals surface area contributed by atoms with Crippen LogP contribution in [0.25, 0.3) is 0 Å². The number of nitrogens with one attached hydrogen (secondary N) is 2. The first-order valence-electron chi connectivity index (χ1n) is 8.66. The summed E-state index contributed by atoms with van der Waals surface area (Å²) in [5.41, 5.74) is 2.30. The van der Waals surface area contributed by atoms with E-state index in [1.54, 1.807) is 12.1 Å². The molecule has 2 N–H and O–H groups in total. The van der Waals surface area contributed by atoms with Crippen molar-refractivity contribution < 1.29 is 9.18 Å². The standard InChI is InChI=1S/C20H23FN2O2/c1-13-11-14(2)23-18(24)17(13)12-22-19(25)20(9-3-4-10-20)15-5-7-16(21)8-6-15/h5-8,11H,3-4,9-10,12H2,1-2H3,(H,22,25)(H,23,24). The van der Waals surface area contributed by atoms with Crippen molar-refractivity contribution in [3.05, 3.63) is 68.9 Å². The molecule has 0 saturated heterocycles. The molecule has 4 nitrogen and oxygen atoms in total. The second-order valence-electron chi connectivity index (χ2n) is 6.92. The van der Waals surface area contributed by atoms with E-state index in [0.29, 0.717) is 5.56 Å². The highest BCUT2D eigenvalue weighted by Gasteiger charge is 2.42. The Morgan fingerprint density at radius 1 is 1.20 bits per heavy atom. The summed E-state index contributed by atoms with van der Waals surface area (Å²) in [6.07, 6.45) is 3.42. The molecule has 132 valence electrons. The maximum Gasteiger partial charge on any atom is 0.253 e. The zero-order valence-corrected chi connectivity index (χ0v) is 14.6. The lowest BCUT2D eigenvalue weighted by Crippen LogP contribution is -2.43. The first-order valence-corrected chi connectivity index (χ1v) is 8.66. The van der Waals surface area contributed by atoms with E-state index in [1.165, 1.54) is 12.1 Å². The van der Waals surface area contributed by atoms with Gasteiger partial charge in [0.25, 0.3) is 5.56 Å². The highest BCUT2D eigenvalue weighted by atomic mass is 19.1. The first-order chi connectivity index (χ1) is 11.9. The van der Waals surface area contributed by atoms with E-state index in [-0.39, 0.29) is 23.8 Å². The second kappa shape index (κ2) is 6.82. The molecule has 25 heavy (non-hydrogen) atoms. The van der Waals surface area contributed by atoms with Gasteiger partial charge in [0.15, 0.2) is 0 Å². The third-order valence-electron chi connectivity index (χ3n) is 5.21. The van der Waals surface area contributed by atoms with Crippen LogP contribution >= 0.6 is 0 Å². The number of rotatable bonds is 4. The van der Waals surface area contributed by atoms with Gasteiger partial charge in [0.1, 0.15) is 5.82 Å². The number of hydrogen-bond donors (Lipinski definition) is 2. The first kappa shape index (κ1) is 17.4. The Bertz CT molecular complexity index is 834. The van der Waals surface area contributed by atoms with Crippen molar-refractivity contribution in [1.29, 1.82) is 0 Å². The van der Waals surface area contributed by atoms with E-state index in [4.69, 9.17) is 0 Å². The molecule has 5 heteroatoms. The molecule has 1 saturated carbocycles. The van der Waals surface area contributed by atoms with Crippen molar-refractivity contribution in [3.63, 3.8) is 0 Å². The lowest BCUT2D eigenvalue weighted by atomic mass is 9.78. The van der Waals surface area contributed by atoms with Crippen LogP contribution in [0.2, 0.25) is 0 Å². The number of carbonyl (C=O) groups excluding carboxylic acids is 1. The van der Waals surface area contributed by atoms with Gasteiger partial charge in [-0.3, -0.25) is 9.59 Å². The quantitative estimate of drug-likeness (QED) is 0.896. The van der Waals surface area contributed by atoms with Gasteiger partial charge in [-0.2, -0.15) is 0 Å². The normalized spacial score (nSPS) is 16.0. The Kier molecular flexibility index (Phi) is 4.75. The fraction of sp³-hybridized carbons (Fsp3) is 0.400. The number of pyridine rings is 1. The maximum atomic E-state index is 13.3. The number of benzene rings is 1. The molecular weight excluding hydrogens is 319 g/mol. The number of hydrogen-bond acceptors (Lipinski definition) is 2. The van der Waals surface area contributed by atoms with E-state index in [9.17, 15) is 14.0 Å². The van der Waals surface area contributed by atoms with Crippen LogP contribution in [0.3, 0.4) is 0 Å². The average molecular weight is 342 g/mol. The van der Waals surface area contributed by atoms with Crippen LogP contribution in [-0.4, -0.2) is 10.9 Å². The molecule has 0 radical (unpaired) electrons. The van der Waals surface area contributed by atoms with Gasteiger partial charge in [-0.15, -0.1) is 0 Å². The Labute approximate surface area is 146 Å². The van der Waals surface area contributed by atoms with Crippen molar-refractivity contribution in [2.45, 2.75) is 51.5 Å². The molecule has 1 amide bonds. The van der Waals surface area contributed by atoms with Crippen LogP contribution in [0.15, 0.2) is 35.1 Å². The molecule has 3 rings (SSSR count).